The highest BCUT2D eigenvalue weighted by molar-refractivity contribution is 9.10. The van der Waals surface area contributed by atoms with Gasteiger partial charge in [0.25, 0.3) is 5.56 Å². The van der Waals surface area contributed by atoms with Gasteiger partial charge < -0.3 is 10.6 Å². The van der Waals surface area contributed by atoms with Gasteiger partial charge in [0.15, 0.2) is 0 Å². The Bertz CT molecular complexity index is 668. The SMILES string of the molecule is O=c1[nH]c(Nc2cccc(Br)c2)nc2c1CCNC2. The highest BCUT2D eigenvalue weighted by Gasteiger charge is 2.14. The number of nitrogens with one attached hydrogen (secondary N) is 3. The molecular weight excluding hydrogens is 308 g/mol. The Morgan fingerprint density at radius 1 is 1.37 bits per heavy atom. The molecule has 0 bridgehead atoms. The molecule has 3 rings (SSSR count). The summed E-state index contributed by atoms with van der Waals surface area (Å²) >= 11 is 3.41. The maximum Gasteiger partial charge on any atom is 0.255 e. The van der Waals surface area contributed by atoms with Gasteiger partial charge in [-0.05, 0) is 31.2 Å². The van der Waals surface area contributed by atoms with Crippen molar-refractivity contribution in [3.8, 4) is 0 Å². The monoisotopic (exact) mass is 320 g/mol. The van der Waals surface area contributed by atoms with Crippen LogP contribution in [0.3, 0.4) is 0 Å². The first-order valence-electron chi connectivity index (χ1n) is 6.08. The van der Waals surface area contributed by atoms with Gasteiger partial charge in [0, 0.05) is 22.3 Å². The lowest BCUT2D eigenvalue weighted by Crippen LogP contribution is -2.31. The zero-order valence-electron chi connectivity index (χ0n) is 10.2. The number of anilines is 2. The van der Waals surface area contributed by atoms with Gasteiger partial charge in [0.05, 0.1) is 5.69 Å². The number of aromatic nitrogens is 2. The van der Waals surface area contributed by atoms with E-state index >= 15 is 0 Å². The number of halogens is 1. The van der Waals surface area contributed by atoms with Crippen LogP contribution in [0.2, 0.25) is 0 Å². The molecule has 0 aliphatic carbocycles. The second-order valence-electron chi connectivity index (χ2n) is 4.40. The molecule has 0 amide bonds. The zero-order chi connectivity index (χ0) is 13.2. The largest absolute Gasteiger partial charge is 0.326 e. The molecule has 0 atom stereocenters. The molecule has 0 spiro atoms. The molecule has 3 N–H and O–H groups in total. The van der Waals surface area contributed by atoms with Crippen LogP contribution in [-0.2, 0) is 13.0 Å². The topological polar surface area (TPSA) is 69.8 Å². The van der Waals surface area contributed by atoms with Gasteiger partial charge in [-0.3, -0.25) is 9.78 Å². The number of hydrogen-bond acceptors (Lipinski definition) is 4. The van der Waals surface area contributed by atoms with E-state index in [9.17, 15) is 4.79 Å². The van der Waals surface area contributed by atoms with Gasteiger partial charge in [0.1, 0.15) is 0 Å². The first kappa shape index (κ1) is 12.4. The van der Waals surface area contributed by atoms with Crippen LogP contribution in [0.4, 0.5) is 11.6 Å². The summed E-state index contributed by atoms with van der Waals surface area (Å²) in [5, 5.41) is 6.33. The lowest BCUT2D eigenvalue weighted by atomic mass is 10.1. The Morgan fingerprint density at radius 2 is 2.26 bits per heavy atom. The second-order valence-corrected chi connectivity index (χ2v) is 5.32. The molecule has 1 aliphatic rings. The Kier molecular flexibility index (Phi) is 3.35. The minimum Gasteiger partial charge on any atom is -0.326 e. The number of nitrogens with zero attached hydrogens (tertiary/aromatic N) is 1. The molecular formula is C13H13BrN4O. The van der Waals surface area contributed by atoms with Crippen LogP contribution in [0.5, 0.6) is 0 Å². The van der Waals surface area contributed by atoms with Crippen molar-refractivity contribution in [2.75, 3.05) is 11.9 Å². The maximum atomic E-state index is 12.0. The normalized spacial score (nSPS) is 13.9. The van der Waals surface area contributed by atoms with Gasteiger partial charge in [-0.25, -0.2) is 4.98 Å². The summed E-state index contributed by atoms with van der Waals surface area (Å²) in [7, 11) is 0. The molecule has 0 saturated carbocycles. The Balaban J connectivity index is 1.94. The summed E-state index contributed by atoms with van der Waals surface area (Å²) in [5.41, 5.74) is 2.44. The number of aromatic amines is 1. The molecule has 1 aromatic carbocycles. The van der Waals surface area contributed by atoms with Crippen molar-refractivity contribution in [3.05, 3.63) is 50.3 Å². The number of rotatable bonds is 2. The summed E-state index contributed by atoms with van der Waals surface area (Å²) in [6.07, 6.45) is 0.731. The van der Waals surface area contributed by atoms with E-state index in [4.69, 9.17) is 0 Å². The molecule has 6 heteroatoms. The smallest absolute Gasteiger partial charge is 0.255 e. The fraction of sp³-hybridized carbons (Fsp3) is 0.231. The minimum atomic E-state index is -0.0519. The number of fused-ring (bicyclic) bond motifs is 1. The van der Waals surface area contributed by atoms with E-state index in [1.807, 2.05) is 24.3 Å². The molecule has 0 fully saturated rings. The van der Waals surface area contributed by atoms with Gasteiger partial charge in [0.2, 0.25) is 5.95 Å². The van der Waals surface area contributed by atoms with E-state index < -0.39 is 0 Å². The summed E-state index contributed by atoms with van der Waals surface area (Å²) in [6.45, 7) is 1.47. The van der Waals surface area contributed by atoms with Crippen LogP contribution in [-0.4, -0.2) is 16.5 Å². The number of H-pyrrole nitrogens is 1. The third-order valence-electron chi connectivity index (χ3n) is 3.03. The van der Waals surface area contributed by atoms with E-state index in [-0.39, 0.29) is 5.56 Å². The highest BCUT2D eigenvalue weighted by atomic mass is 79.9. The van der Waals surface area contributed by atoms with Gasteiger partial charge in [-0.2, -0.15) is 0 Å². The van der Waals surface area contributed by atoms with Gasteiger partial charge in [-0.15, -0.1) is 0 Å². The standard InChI is InChI=1S/C13H13BrN4O/c14-8-2-1-3-9(6-8)16-13-17-11-7-15-5-4-10(11)12(19)18-13/h1-3,6,15H,4-5,7H2,(H2,16,17,18,19). The Labute approximate surface area is 118 Å². The number of benzene rings is 1. The summed E-state index contributed by atoms with van der Waals surface area (Å²) in [4.78, 5) is 19.2. The van der Waals surface area contributed by atoms with Crippen LogP contribution >= 0.6 is 15.9 Å². The maximum absolute atomic E-state index is 12.0. The Hall–Kier alpha value is -1.66. The van der Waals surface area contributed by atoms with Crippen LogP contribution in [0.15, 0.2) is 33.5 Å². The van der Waals surface area contributed by atoms with E-state index in [1.54, 1.807) is 0 Å². The summed E-state index contributed by atoms with van der Waals surface area (Å²) in [5.74, 6) is 0.477. The number of hydrogen-bond donors (Lipinski definition) is 3. The molecule has 1 aliphatic heterocycles. The third kappa shape index (κ3) is 2.69. The van der Waals surface area contributed by atoms with E-state index in [1.165, 1.54) is 0 Å². The lowest BCUT2D eigenvalue weighted by Gasteiger charge is -2.16. The Morgan fingerprint density at radius 3 is 3.11 bits per heavy atom. The first-order valence-corrected chi connectivity index (χ1v) is 6.87. The lowest BCUT2D eigenvalue weighted by molar-refractivity contribution is 0.620. The van der Waals surface area contributed by atoms with Crippen LogP contribution < -0.4 is 16.2 Å². The second kappa shape index (κ2) is 5.14. The molecule has 0 unspecified atom stereocenters. The molecule has 19 heavy (non-hydrogen) atoms. The zero-order valence-corrected chi connectivity index (χ0v) is 11.8. The van der Waals surface area contributed by atoms with Crippen molar-refractivity contribution < 1.29 is 0 Å². The first-order chi connectivity index (χ1) is 9.22. The average Bonchev–Trinajstić information content (AvgIpc) is 2.39. The molecule has 2 heterocycles. The van der Waals surface area contributed by atoms with Gasteiger partial charge >= 0.3 is 0 Å². The minimum absolute atomic E-state index is 0.0519. The average molecular weight is 321 g/mol. The molecule has 0 saturated heterocycles. The predicted molar refractivity (Wildman–Crippen MR) is 77.7 cm³/mol. The fourth-order valence-corrected chi connectivity index (χ4v) is 2.53. The van der Waals surface area contributed by atoms with Crippen molar-refractivity contribution in [2.24, 2.45) is 0 Å². The highest BCUT2D eigenvalue weighted by Crippen LogP contribution is 2.18. The van der Waals surface area contributed by atoms with Crippen LogP contribution in [0, 0.1) is 0 Å². The van der Waals surface area contributed by atoms with Crippen molar-refractivity contribution in [2.45, 2.75) is 13.0 Å². The van der Waals surface area contributed by atoms with E-state index in [0.717, 1.165) is 34.4 Å². The quantitative estimate of drug-likeness (QED) is 0.790. The third-order valence-corrected chi connectivity index (χ3v) is 3.53. The molecule has 1 aromatic heterocycles. The van der Waals surface area contributed by atoms with Crippen LogP contribution in [0.25, 0.3) is 0 Å². The van der Waals surface area contributed by atoms with E-state index in [0.29, 0.717) is 12.5 Å². The van der Waals surface area contributed by atoms with Crippen LogP contribution in [0.1, 0.15) is 11.3 Å². The van der Waals surface area contributed by atoms with Gasteiger partial charge in [-0.1, -0.05) is 22.0 Å². The molecule has 98 valence electrons. The predicted octanol–water partition coefficient (Wildman–Crippen LogP) is 1.92. The molecule has 2 aromatic rings. The van der Waals surface area contributed by atoms with Crippen molar-refractivity contribution in [1.29, 1.82) is 0 Å². The van der Waals surface area contributed by atoms with Crippen molar-refractivity contribution in [3.63, 3.8) is 0 Å². The summed E-state index contributed by atoms with van der Waals surface area (Å²) in [6, 6.07) is 7.71. The van der Waals surface area contributed by atoms with Crippen molar-refractivity contribution in [1.82, 2.24) is 15.3 Å². The van der Waals surface area contributed by atoms with E-state index in [2.05, 4.69) is 36.5 Å². The molecule has 0 radical (unpaired) electrons. The summed E-state index contributed by atoms with van der Waals surface area (Å²) < 4.78 is 0.972. The fourth-order valence-electron chi connectivity index (χ4n) is 2.13. The van der Waals surface area contributed by atoms with Crippen molar-refractivity contribution >= 4 is 27.6 Å². The molecule has 5 nitrogen and oxygen atoms in total.